The molecule has 1 atom stereocenters. The number of allylic oxidation sites excluding steroid dienone is 1. The van der Waals surface area contributed by atoms with Gasteiger partial charge in [0.2, 0.25) is 0 Å². The maximum absolute atomic E-state index is 14.1. The highest BCUT2D eigenvalue weighted by atomic mass is 19.1. The number of rotatable bonds is 11. The lowest BCUT2D eigenvalue weighted by Crippen LogP contribution is -2.10. The Bertz CT molecular complexity index is 1510. The molecule has 0 aliphatic carbocycles. The molecule has 4 rings (SSSR count). The zero-order valence-corrected chi connectivity index (χ0v) is 24.1. The second-order valence-corrected chi connectivity index (χ2v) is 11.5. The van der Waals surface area contributed by atoms with Crippen LogP contribution in [0, 0.1) is 17.6 Å². The van der Waals surface area contributed by atoms with E-state index in [9.17, 15) is 18.7 Å². The molecule has 0 spiro atoms. The number of hydrogen-bond acceptors (Lipinski definition) is 3. The van der Waals surface area contributed by atoms with Crippen LogP contribution < -0.4 is 4.74 Å². The summed E-state index contributed by atoms with van der Waals surface area (Å²) < 4.78 is 34.3. The number of phenolic OH excluding ortho intramolecular Hbond substituents is 1. The van der Waals surface area contributed by atoms with Gasteiger partial charge in [-0.2, -0.15) is 0 Å². The maximum atomic E-state index is 14.1. The van der Waals surface area contributed by atoms with Crippen molar-refractivity contribution in [3.8, 4) is 11.5 Å². The third kappa shape index (κ3) is 8.29. The van der Waals surface area contributed by atoms with Crippen LogP contribution in [0.25, 0.3) is 6.08 Å². The van der Waals surface area contributed by atoms with Crippen molar-refractivity contribution >= 4 is 12.0 Å². The second kappa shape index (κ2) is 13.5. The summed E-state index contributed by atoms with van der Waals surface area (Å²) in [4.78, 5) is 11.2. The van der Waals surface area contributed by atoms with Crippen molar-refractivity contribution in [3.05, 3.63) is 136 Å². The molecule has 218 valence electrons. The van der Waals surface area contributed by atoms with Crippen molar-refractivity contribution in [1.29, 1.82) is 0 Å². The molecule has 0 aromatic heterocycles. The van der Waals surface area contributed by atoms with E-state index < -0.39 is 23.4 Å². The largest absolute Gasteiger partial charge is 0.503 e. The van der Waals surface area contributed by atoms with E-state index in [0.29, 0.717) is 31.4 Å². The normalized spacial score (nSPS) is 12.4. The summed E-state index contributed by atoms with van der Waals surface area (Å²) in [6, 6.07) is 25.1. The number of halogens is 2. The highest BCUT2D eigenvalue weighted by Crippen LogP contribution is 2.28. The lowest BCUT2D eigenvalue weighted by atomic mass is 9.87. The first-order chi connectivity index (χ1) is 20.0. The fourth-order valence-electron chi connectivity index (χ4n) is 4.72. The number of benzene rings is 4. The minimum atomic E-state index is -0.994. The van der Waals surface area contributed by atoms with E-state index in [1.807, 2.05) is 36.4 Å². The molecule has 4 aromatic rings. The van der Waals surface area contributed by atoms with Crippen molar-refractivity contribution in [2.75, 3.05) is 0 Å². The highest BCUT2D eigenvalue weighted by Gasteiger charge is 2.15. The van der Waals surface area contributed by atoms with Crippen molar-refractivity contribution in [2.45, 2.75) is 52.1 Å². The van der Waals surface area contributed by atoms with Gasteiger partial charge in [-0.15, -0.1) is 0 Å². The third-order valence-corrected chi connectivity index (χ3v) is 7.26. The van der Waals surface area contributed by atoms with Crippen molar-refractivity contribution in [1.82, 2.24) is 0 Å². The van der Waals surface area contributed by atoms with Gasteiger partial charge in [-0.1, -0.05) is 87.5 Å². The Morgan fingerprint density at radius 3 is 2.12 bits per heavy atom. The number of hydrogen-bond donors (Lipinski definition) is 2. The predicted octanol–water partition coefficient (Wildman–Crippen LogP) is 8.75. The Hall–Kier alpha value is -4.45. The number of carboxylic acid groups (broad SMARTS) is 1. The molecule has 42 heavy (non-hydrogen) atoms. The lowest BCUT2D eigenvalue weighted by Gasteiger charge is -2.19. The third-order valence-electron chi connectivity index (χ3n) is 7.26. The van der Waals surface area contributed by atoms with Crippen LogP contribution in [-0.2, 0) is 24.9 Å². The Morgan fingerprint density at radius 1 is 0.881 bits per heavy atom. The minimum absolute atomic E-state index is 0.0763. The molecule has 4 nitrogen and oxygen atoms in total. The second-order valence-electron chi connectivity index (χ2n) is 11.5. The van der Waals surface area contributed by atoms with Crippen molar-refractivity contribution in [2.24, 2.45) is 5.92 Å². The average Bonchev–Trinajstić information content (AvgIpc) is 2.96. The number of phenols is 1. The van der Waals surface area contributed by atoms with Gasteiger partial charge < -0.3 is 14.9 Å². The highest BCUT2D eigenvalue weighted by molar-refractivity contribution is 5.87. The summed E-state index contributed by atoms with van der Waals surface area (Å²) in [7, 11) is 0. The first-order valence-corrected chi connectivity index (χ1v) is 14.0. The van der Waals surface area contributed by atoms with E-state index in [4.69, 9.17) is 9.84 Å². The Balaban J connectivity index is 1.51. The molecule has 0 fully saturated rings. The number of para-hydroxylation sites is 1. The van der Waals surface area contributed by atoms with Crippen LogP contribution in [0.4, 0.5) is 8.78 Å². The van der Waals surface area contributed by atoms with Crippen LogP contribution in [0.5, 0.6) is 11.5 Å². The lowest BCUT2D eigenvalue weighted by molar-refractivity contribution is 0.0697. The van der Waals surface area contributed by atoms with Gasteiger partial charge in [-0.25, -0.2) is 13.6 Å². The van der Waals surface area contributed by atoms with E-state index in [-0.39, 0.29) is 16.9 Å². The number of carbonyl (C=O) groups is 1. The number of aromatic carboxylic acids is 1. The molecule has 6 heteroatoms. The van der Waals surface area contributed by atoms with Gasteiger partial charge in [-0.3, -0.25) is 0 Å². The Morgan fingerprint density at radius 2 is 1.50 bits per heavy atom. The molecule has 0 aliphatic heterocycles. The van der Waals surface area contributed by atoms with Crippen LogP contribution in [0.1, 0.15) is 65.4 Å². The molecule has 0 unspecified atom stereocenters. The Kier molecular flexibility index (Phi) is 9.79. The van der Waals surface area contributed by atoms with E-state index in [2.05, 4.69) is 45.0 Å². The van der Waals surface area contributed by atoms with Crippen LogP contribution in [0.3, 0.4) is 0 Å². The summed E-state index contributed by atoms with van der Waals surface area (Å²) in [6.07, 6.45) is 5.61. The van der Waals surface area contributed by atoms with Crippen molar-refractivity contribution in [3.63, 3.8) is 0 Å². The van der Waals surface area contributed by atoms with Gasteiger partial charge in [0.05, 0.1) is 5.56 Å². The van der Waals surface area contributed by atoms with Gasteiger partial charge in [0, 0.05) is 5.56 Å². The summed E-state index contributed by atoms with van der Waals surface area (Å²) in [5.41, 5.74) is 4.88. The molecule has 4 aromatic carbocycles. The fraction of sp³-hybridized carbons (Fsp3) is 0.250. The molecular weight excluding hydrogens is 534 g/mol. The van der Waals surface area contributed by atoms with Crippen LogP contribution in [0.2, 0.25) is 0 Å². The first kappa shape index (κ1) is 30.5. The first-order valence-electron chi connectivity index (χ1n) is 14.0. The number of ether oxygens (including phenoxy) is 1. The monoisotopic (exact) mass is 570 g/mol. The van der Waals surface area contributed by atoms with Crippen molar-refractivity contribution < 1.29 is 28.5 Å². The average molecular weight is 571 g/mol. The summed E-state index contributed by atoms with van der Waals surface area (Å²) in [5.74, 6) is -3.34. The molecule has 0 saturated carbocycles. The summed E-state index contributed by atoms with van der Waals surface area (Å²) in [5, 5.41) is 18.7. The van der Waals surface area contributed by atoms with Crippen LogP contribution in [-0.4, -0.2) is 16.2 Å². The minimum Gasteiger partial charge on any atom is -0.503 e. The molecule has 0 aliphatic rings. The summed E-state index contributed by atoms with van der Waals surface area (Å²) >= 11 is 0. The van der Waals surface area contributed by atoms with Gasteiger partial charge in [0.1, 0.15) is 12.4 Å². The molecule has 0 amide bonds. The SMILES string of the molecule is CC(C)(C)c1ccc(COc2ccccc2/C=C/[C@@H](CCc2ccc(C(=O)O)cc2)Cc2cc(F)c(O)c(F)c2)cc1. The molecule has 0 heterocycles. The topological polar surface area (TPSA) is 66.8 Å². The number of aryl methyl sites for hydroxylation is 1. The molecule has 0 saturated heterocycles. The predicted molar refractivity (Wildman–Crippen MR) is 162 cm³/mol. The van der Waals surface area contributed by atoms with E-state index in [0.717, 1.165) is 34.6 Å². The number of aromatic hydroxyl groups is 1. The molecular formula is C36H36F2O4. The van der Waals surface area contributed by atoms with E-state index >= 15 is 0 Å². The molecule has 0 bridgehead atoms. The van der Waals surface area contributed by atoms with Gasteiger partial charge in [0.15, 0.2) is 17.4 Å². The van der Waals surface area contributed by atoms with Crippen LogP contribution in [0.15, 0.2) is 91.0 Å². The quantitative estimate of drug-likeness (QED) is 0.189. The smallest absolute Gasteiger partial charge is 0.335 e. The van der Waals surface area contributed by atoms with Gasteiger partial charge in [-0.05, 0) is 83.2 Å². The van der Waals surface area contributed by atoms with Gasteiger partial charge in [0.25, 0.3) is 0 Å². The zero-order valence-electron chi connectivity index (χ0n) is 24.1. The standard InChI is InChI=1S/C36H36F2O4/c1-36(2,3)30-18-13-26(14-19-30)23-42-33-7-5-4-6-28(33)15-12-25(20-27-21-31(37)34(39)32(38)22-27)9-8-24-10-16-29(17-11-24)35(40)41/h4-7,10-19,21-22,25,39H,8-9,20,23H2,1-3H3,(H,40,41)/b15-12+/t25-/m1/s1. The number of carboxylic acids is 1. The van der Waals surface area contributed by atoms with Crippen LogP contribution >= 0.6 is 0 Å². The van der Waals surface area contributed by atoms with Gasteiger partial charge >= 0.3 is 5.97 Å². The fourth-order valence-corrected chi connectivity index (χ4v) is 4.72. The zero-order chi connectivity index (χ0) is 30.3. The molecule has 2 N–H and O–H groups in total. The Labute approximate surface area is 245 Å². The molecule has 0 radical (unpaired) electrons. The van der Waals surface area contributed by atoms with E-state index in [1.165, 1.54) is 5.56 Å². The summed E-state index contributed by atoms with van der Waals surface area (Å²) in [6.45, 7) is 6.95. The maximum Gasteiger partial charge on any atom is 0.335 e. The van der Waals surface area contributed by atoms with E-state index in [1.54, 1.807) is 24.3 Å².